The number of nitrogens with zero attached hydrogens (tertiary/aromatic N) is 2. The van der Waals surface area contributed by atoms with Crippen LogP contribution in [0.25, 0.3) is 0 Å². The summed E-state index contributed by atoms with van der Waals surface area (Å²) in [6, 6.07) is 9.20. The number of hydrogen-bond acceptors (Lipinski definition) is 4. The summed E-state index contributed by atoms with van der Waals surface area (Å²) in [6.45, 7) is 0. The summed E-state index contributed by atoms with van der Waals surface area (Å²) < 4.78 is 5.50. The third kappa shape index (κ3) is 3.91. The number of nitrogens with one attached hydrogen (secondary N) is 1. The second kappa shape index (κ2) is 6.85. The van der Waals surface area contributed by atoms with E-state index in [4.69, 9.17) is 4.74 Å². The van der Waals surface area contributed by atoms with Crippen LogP contribution in [0.4, 0.5) is 5.69 Å². The third-order valence-electron chi connectivity index (χ3n) is 3.45. The normalized spacial score (nSPS) is 16.5. The molecule has 1 aliphatic carbocycles. The van der Waals surface area contributed by atoms with Crippen molar-refractivity contribution in [3.05, 3.63) is 54.9 Å². The van der Waals surface area contributed by atoms with Crippen LogP contribution in [-0.4, -0.2) is 15.9 Å². The second-order valence-electron chi connectivity index (χ2n) is 5.18. The Morgan fingerprint density at radius 3 is 2.68 bits per heavy atom. The Hall–Kier alpha value is -2.69. The topological polar surface area (TPSA) is 64.1 Å². The summed E-state index contributed by atoms with van der Waals surface area (Å²) in [5.41, 5.74) is 0.758. The van der Waals surface area contributed by atoms with Crippen molar-refractivity contribution in [2.75, 3.05) is 5.32 Å². The maximum absolute atomic E-state index is 11.9. The lowest BCUT2D eigenvalue weighted by Crippen LogP contribution is -2.14. The van der Waals surface area contributed by atoms with Crippen molar-refractivity contribution in [2.24, 2.45) is 5.92 Å². The van der Waals surface area contributed by atoms with Crippen LogP contribution in [0.3, 0.4) is 0 Å². The Balaban J connectivity index is 1.54. The first-order chi connectivity index (χ1) is 10.8. The quantitative estimate of drug-likeness (QED) is 0.857. The molecule has 1 atom stereocenters. The number of rotatable bonds is 5. The van der Waals surface area contributed by atoms with Crippen LogP contribution in [-0.2, 0) is 4.79 Å². The Labute approximate surface area is 129 Å². The molecule has 1 N–H and O–H groups in total. The minimum absolute atomic E-state index is 0.0385. The lowest BCUT2D eigenvalue weighted by Gasteiger charge is -2.09. The minimum atomic E-state index is 0.0385. The molecule has 5 nitrogen and oxygen atoms in total. The molecule has 1 amide bonds. The summed E-state index contributed by atoms with van der Waals surface area (Å²) in [4.78, 5) is 19.9. The first-order valence-electron chi connectivity index (χ1n) is 7.31. The highest BCUT2D eigenvalue weighted by atomic mass is 16.5. The van der Waals surface area contributed by atoms with Crippen molar-refractivity contribution >= 4 is 11.6 Å². The Morgan fingerprint density at radius 2 is 2.00 bits per heavy atom. The van der Waals surface area contributed by atoms with Crippen LogP contribution in [0.15, 0.2) is 54.9 Å². The molecule has 0 saturated heterocycles. The molecule has 1 aromatic heterocycles. The SMILES string of the molecule is O=C(CC1C=CCC1)Nc1ccc(Oc2ncccn2)cc1. The lowest BCUT2D eigenvalue weighted by atomic mass is 10.1. The molecule has 0 spiro atoms. The molecule has 22 heavy (non-hydrogen) atoms. The van der Waals surface area contributed by atoms with E-state index in [1.165, 1.54) is 0 Å². The Morgan fingerprint density at radius 1 is 1.23 bits per heavy atom. The third-order valence-corrected chi connectivity index (χ3v) is 3.45. The monoisotopic (exact) mass is 295 g/mol. The van der Waals surface area contributed by atoms with Crippen molar-refractivity contribution in [3.63, 3.8) is 0 Å². The zero-order chi connectivity index (χ0) is 15.2. The summed E-state index contributed by atoms with van der Waals surface area (Å²) in [6.07, 6.45) is 10.2. The van der Waals surface area contributed by atoms with Gasteiger partial charge in [-0.15, -0.1) is 0 Å². The molecule has 0 radical (unpaired) electrons. The predicted octanol–water partition coefficient (Wildman–Crippen LogP) is 3.56. The second-order valence-corrected chi connectivity index (χ2v) is 5.18. The molecule has 1 aromatic carbocycles. The molecule has 0 fully saturated rings. The van der Waals surface area contributed by atoms with Crippen LogP contribution in [0, 0.1) is 5.92 Å². The highest BCUT2D eigenvalue weighted by Crippen LogP contribution is 2.22. The Kier molecular flexibility index (Phi) is 4.44. The van der Waals surface area contributed by atoms with Crippen LogP contribution in [0.2, 0.25) is 0 Å². The fraction of sp³-hybridized carbons (Fsp3) is 0.235. The summed E-state index contributed by atoms with van der Waals surface area (Å²) >= 11 is 0. The molecule has 1 aliphatic rings. The van der Waals surface area contributed by atoms with Gasteiger partial charge in [0.05, 0.1) is 0 Å². The van der Waals surface area contributed by atoms with Crippen LogP contribution >= 0.6 is 0 Å². The van der Waals surface area contributed by atoms with E-state index in [1.54, 1.807) is 42.7 Å². The maximum Gasteiger partial charge on any atom is 0.321 e. The van der Waals surface area contributed by atoms with Crippen LogP contribution < -0.4 is 10.1 Å². The standard InChI is InChI=1S/C17H17N3O2/c21-16(12-13-4-1-2-5-13)20-14-6-8-15(9-7-14)22-17-18-10-3-11-19-17/h1,3-4,6-11,13H,2,5,12H2,(H,20,21). The van der Waals surface area contributed by atoms with Gasteiger partial charge in [0.2, 0.25) is 5.91 Å². The van der Waals surface area contributed by atoms with Crippen LogP contribution in [0.1, 0.15) is 19.3 Å². The van der Waals surface area contributed by atoms with Crippen LogP contribution in [0.5, 0.6) is 11.8 Å². The van der Waals surface area contributed by atoms with E-state index in [1.807, 2.05) is 0 Å². The van der Waals surface area contributed by atoms with Gasteiger partial charge in [-0.05, 0) is 49.1 Å². The number of benzene rings is 1. The number of anilines is 1. The molecule has 1 heterocycles. The number of hydrogen-bond donors (Lipinski definition) is 1. The molecule has 112 valence electrons. The highest BCUT2D eigenvalue weighted by molar-refractivity contribution is 5.91. The van der Waals surface area contributed by atoms with Crippen molar-refractivity contribution in [1.82, 2.24) is 9.97 Å². The van der Waals surface area contributed by atoms with E-state index in [0.29, 0.717) is 24.1 Å². The number of aromatic nitrogens is 2. The summed E-state index contributed by atoms with van der Waals surface area (Å²) in [7, 11) is 0. The molecule has 0 aliphatic heterocycles. The summed E-state index contributed by atoms with van der Waals surface area (Å²) in [5.74, 6) is 1.04. The van der Waals surface area contributed by atoms with Crippen molar-refractivity contribution in [2.45, 2.75) is 19.3 Å². The molecule has 5 heteroatoms. The van der Waals surface area contributed by atoms with Gasteiger partial charge in [0.25, 0.3) is 0 Å². The van der Waals surface area contributed by atoms with Crippen molar-refractivity contribution in [1.29, 1.82) is 0 Å². The van der Waals surface area contributed by atoms with Gasteiger partial charge in [0.15, 0.2) is 0 Å². The van der Waals surface area contributed by atoms with E-state index in [0.717, 1.165) is 18.5 Å². The average Bonchev–Trinajstić information content (AvgIpc) is 3.03. The van der Waals surface area contributed by atoms with Gasteiger partial charge < -0.3 is 10.1 Å². The van der Waals surface area contributed by atoms with Gasteiger partial charge in [-0.1, -0.05) is 12.2 Å². The number of carbonyl (C=O) groups excluding carboxylic acids is 1. The first-order valence-corrected chi connectivity index (χ1v) is 7.31. The molecule has 3 rings (SSSR count). The lowest BCUT2D eigenvalue weighted by molar-refractivity contribution is -0.116. The van der Waals surface area contributed by atoms with Crippen molar-refractivity contribution in [3.8, 4) is 11.8 Å². The summed E-state index contributed by atoms with van der Waals surface area (Å²) in [5, 5.41) is 2.90. The number of allylic oxidation sites excluding steroid dienone is 2. The molecule has 0 bridgehead atoms. The highest BCUT2D eigenvalue weighted by Gasteiger charge is 2.14. The largest absolute Gasteiger partial charge is 0.424 e. The van der Waals surface area contributed by atoms with Gasteiger partial charge in [0, 0.05) is 24.5 Å². The molecule has 2 aromatic rings. The fourth-order valence-corrected chi connectivity index (χ4v) is 2.37. The van der Waals surface area contributed by atoms with E-state index < -0.39 is 0 Å². The smallest absolute Gasteiger partial charge is 0.321 e. The minimum Gasteiger partial charge on any atom is -0.424 e. The predicted molar refractivity (Wildman–Crippen MR) is 83.7 cm³/mol. The fourth-order valence-electron chi connectivity index (χ4n) is 2.37. The van der Waals surface area contributed by atoms with E-state index in [-0.39, 0.29) is 5.91 Å². The number of amides is 1. The van der Waals surface area contributed by atoms with Crippen molar-refractivity contribution < 1.29 is 9.53 Å². The van der Waals surface area contributed by atoms with E-state index in [9.17, 15) is 4.79 Å². The van der Waals surface area contributed by atoms with Gasteiger partial charge in [0.1, 0.15) is 5.75 Å². The zero-order valence-electron chi connectivity index (χ0n) is 12.1. The van der Waals surface area contributed by atoms with Gasteiger partial charge in [-0.2, -0.15) is 0 Å². The van der Waals surface area contributed by atoms with Gasteiger partial charge in [-0.25, -0.2) is 9.97 Å². The molecular formula is C17H17N3O2. The number of carbonyl (C=O) groups is 1. The Bertz CT molecular complexity index is 653. The van der Waals surface area contributed by atoms with E-state index in [2.05, 4.69) is 27.4 Å². The maximum atomic E-state index is 11.9. The molecule has 0 saturated carbocycles. The molecule has 1 unspecified atom stereocenters. The first kappa shape index (κ1) is 14.3. The number of ether oxygens (including phenoxy) is 1. The molecular weight excluding hydrogens is 278 g/mol. The zero-order valence-corrected chi connectivity index (χ0v) is 12.1. The van der Waals surface area contributed by atoms with Gasteiger partial charge >= 0.3 is 6.01 Å². The van der Waals surface area contributed by atoms with Gasteiger partial charge in [-0.3, -0.25) is 4.79 Å². The average molecular weight is 295 g/mol. The van der Waals surface area contributed by atoms with E-state index >= 15 is 0 Å².